The summed E-state index contributed by atoms with van der Waals surface area (Å²) in [6.07, 6.45) is 8.17. The summed E-state index contributed by atoms with van der Waals surface area (Å²) in [7, 11) is 1.66. The number of nitrogens with one attached hydrogen (secondary N) is 1. The number of hydrogen-bond acceptors (Lipinski definition) is 6. The van der Waals surface area contributed by atoms with Gasteiger partial charge in [0.2, 0.25) is 5.43 Å². The van der Waals surface area contributed by atoms with Gasteiger partial charge in [0.1, 0.15) is 16.1 Å². The highest BCUT2D eigenvalue weighted by Crippen LogP contribution is 2.30. The number of hydrogen-bond donors (Lipinski definition) is 1. The highest BCUT2D eigenvalue weighted by molar-refractivity contribution is 7.20. The van der Waals surface area contributed by atoms with E-state index in [1.165, 1.54) is 16.2 Å². The smallest absolute Gasteiger partial charge is 0.259 e. The number of rotatable bonds is 8. The number of carbonyl (C=O) groups excluding carboxylic acids is 2. The van der Waals surface area contributed by atoms with E-state index >= 15 is 0 Å². The van der Waals surface area contributed by atoms with Gasteiger partial charge in [-0.2, -0.15) is 0 Å². The van der Waals surface area contributed by atoms with Crippen LogP contribution in [0.1, 0.15) is 78.4 Å². The topological polar surface area (TPSA) is 84.3 Å². The van der Waals surface area contributed by atoms with Crippen molar-refractivity contribution in [3.8, 4) is 9.88 Å². The summed E-state index contributed by atoms with van der Waals surface area (Å²) in [6, 6.07) is 4.13. The molecule has 9 heteroatoms. The molecule has 0 unspecified atom stereocenters. The average molecular weight is 499 g/mol. The largest absolute Gasteiger partial charge is 0.349 e. The van der Waals surface area contributed by atoms with Crippen LogP contribution in [0.15, 0.2) is 40.1 Å². The third-order valence-corrected chi connectivity index (χ3v) is 8.22. The van der Waals surface area contributed by atoms with Crippen molar-refractivity contribution in [1.29, 1.82) is 0 Å². The second kappa shape index (κ2) is 10.7. The lowest BCUT2D eigenvalue weighted by Crippen LogP contribution is -2.38. The first-order valence-electron chi connectivity index (χ1n) is 11.7. The van der Waals surface area contributed by atoms with E-state index in [1.54, 1.807) is 30.8 Å². The molecule has 7 nitrogen and oxygen atoms in total. The SMILES string of the molecule is CC[C@@H](C)NC(=O)c1cn(C2CCCC2)cc(C(=O)N(C)Cc2csc(-c3cccs3)n2)c1=O. The molecule has 34 heavy (non-hydrogen) atoms. The van der Waals surface area contributed by atoms with Crippen LogP contribution in [0.3, 0.4) is 0 Å². The van der Waals surface area contributed by atoms with E-state index in [0.29, 0.717) is 0 Å². The van der Waals surface area contributed by atoms with Crippen LogP contribution >= 0.6 is 22.7 Å². The van der Waals surface area contributed by atoms with Gasteiger partial charge in [-0.25, -0.2) is 4.98 Å². The molecule has 2 amide bonds. The maximum absolute atomic E-state index is 13.4. The van der Waals surface area contributed by atoms with Crippen molar-refractivity contribution in [2.75, 3.05) is 7.05 Å². The van der Waals surface area contributed by atoms with Crippen LogP contribution in [0.25, 0.3) is 9.88 Å². The molecule has 1 aliphatic rings. The van der Waals surface area contributed by atoms with Gasteiger partial charge in [-0.3, -0.25) is 14.4 Å². The van der Waals surface area contributed by atoms with E-state index in [1.807, 2.05) is 41.3 Å². The molecule has 3 aromatic heterocycles. The fourth-order valence-electron chi connectivity index (χ4n) is 4.14. The van der Waals surface area contributed by atoms with Gasteiger partial charge < -0.3 is 14.8 Å². The van der Waals surface area contributed by atoms with Crippen LogP contribution in [0.2, 0.25) is 0 Å². The van der Waals surface area contributed by atoms with Crippen LogP contribution in [0.4, 0.5) is 0 Å². The molecule has 0 bridgehead atoms. The standard InChI is InChI=1S/C25H30N4O3S2/c1-4-16(2)26-23(31)19-13-29(18-8-5-6-9-18)14-20(22(19)30)25(32)28(3)12-17-15-34-24(27-17)21-10-7-11-33-21/h7,10-11,13-16,18H,4-6,8-9,12H2,1-3H3,(H,26,31)/t16-/m1/s1. The minimum Gasteiger partial charge on any atom is -0.349 e. The molecule has 1 saturated carbocycles. The van der Waals surface area contributed by atoms with Gasteiger partial charge in [0.25, 0.3) is 11.8 Å². The average Bonchev–Trinajstić information content (AvgIpc) is 3.61. The van der Waals surface area contributed by atoms with Crippen molar-refractivity contribution >= 4 is 34.5 Å². The Labute approximate surface area is 207 Å². The molecule has 0 aliphatic heterocycles. The predicted molar refractivity (Wildman–Crippen MR) is 137 cm³/mol. The van der Waals surface area contributed by atoms with Gasteiger partial charge >= 0.3 is 0 Å². The fourth-order valence-corrected chi connectivity index (χ4v) is 5.77. The second-order valence-electron chi connectivity index (χ2n) is 8.87. The summed E-state index contributed by atoms with van der Waals surface area (Å²) in [6.45, 7) is 4.15. The Kier molecular flexibility index (Phi) is 7.63. The first-order valence-corrected chi connectivity index (χ1v) is 13.4. The van der Waals surface area contributed by atoms with Crippen molar-refractivity contribution in [1.82, 2.24) is 19.8 Å². The van der Waals surface area contributed by atoms with E-state index in [0.717, 1.165) is 47.7 Å². The number of nitrogens with zero attached hydrogens (tertiary/aromatic N) is 3. The number of pyridine rings is 1. The van der Waals surface area contributed by atoms with E-state index in [-0.39, 0.29) is 29.8 Å². The van der Waals surface area contributed by atoms with E-state index < -0.39 is 17.2 Å². The monoisotopic (exact) mass is 498 g/mol. The molecule has 3 heterocycles. The van der Waals surface area contributed by atoms with Crippen molar-refractivity contribution in [2.45, 2.75) is 64.6 Å². The maximum atomic E-state index is 13.4. The van der Waals surface area contributed by atoms with Crippen LogP contribution < -0.4 is 10.7 Å². The Morgan fingerprint density at radius 2 is 1.97 bits per heavy atom. The fraction of sp³-hybridized carbons (Fsp3) is 0.440. The lowest BCUT2D eigenvalue weighted by molar-refractivity contribution is 0.0781. The van der Waals surface area contributed by atoms with Crippen molar-refractivity contribution < 1.29 is 9.59 Å². The van der Waals surface area contributed by atoms with Crippen LogP contribution in [-0.2, 0) is 6.54 Å². The summed E-state index contributed by atoms with van der Waals surface area (Å²) < 4.78 is 1.90. The summed E-state index contributed by atoms with van der Waals surface area (Å²) in [5, 5.41) is 7.73. The molecule has 3 aromatic rings. The first kappa shape index (κ1) is 24.3. The third kappa shape index (κ3) is 5.31. The van der Waals surface area contributed by atoms with E-state index in [4.69, 9.17) is 0 Å². The molecule has 0 saturated heterocycles. The molecule has 1 fully saturated rings. The summed E-state index contributed by atoms with van der Waals surface area (Å²) in [5.41, 5.74) is 0.301. The van der Waals surface area contributed by atoms with Crippen molar-refractivity contribution in [3.05, 3.63) is 62.3 Å². The zero-order valence-electron chi connectivity index (χ0n) is 19.7. The van der Waals surface area contributed by atoms with Crippen LogP contribution in [-0.4, -0.2) is 39.4 Å². The quantitative estimate of drug-likeness (QED) is 0.476. The molecule has 0 spiro atoms. The molecular formula is C25H30N4O3S2. The molecule has 0 radical (unpaired) electrons. The minimum absolute atomic E-state index is 0.0277. The van der Waals surface area contributed by atoms with Gasteiger partial charge in [-0.1, -0.05) is 25.8 Å². The molecular weight excluding hydrogens is 468 g/mol. The molecule has 1 aliphatic carbocycles. The third-order valence-electron chi connectivity index (χ3n) is 6.29. The maximum Gasteiger partial charge on any atom is 0.259 e. The Morgan fingerprint density at radius 3 is 2.65 bits per heavy atom. The number of amides is 2. The van der Waals surface area contributed by atoms with Gasteiger partial charge in [-0.15, -0.1) is 22.7 Å². The van der Waals surface area contributed by atoms with E-state index in [9.17, 15) is 14.4 Å². The zero-order chi connectivity index (χ0) is 24.2. The van der Waals surface area contributed by atoms with E-state index in [2.05, 4.69) is 10.3 Å². The van der Waals surface area contributed by atoms with Gasteiger partial charge in [0.15, 0.2) is 0 Å². The molecule has 180 valence electrons. The highest BCUT2D eigenvalue weighted by atomic mass is 32.1. The van der Waals surface area contributed by atoms with Crippen LogP contribution in [0.5, 0.6) is 0 Å². The summed E-state index contributed by atoms with van der Waals surface area (Å²) in [5.74, 6) is -0.830. The molecule has 4 rings (SSSR count). The molecule has 1 atom stereocenters. The highest BCUT2D eigenvalue weighted by Gasteiger charge is 2.25. The summed E-state index contributed by atoms with van der Waals surface area (Å²) in [4.78, 5) is 46.8. The zero-order valence-corrected chi connectivity index (χ0v) is 21.4. The second-order valence-corrected chi connectivity index (χ2v) is 10.7. The number of aromatic nitrogens is 2. The van der Waals surface area contributed by atoms with Gasteiger partial charge in [-0.05, 0) is 37.6 Å². The summed E-state index contributed by atoms with van der Waals surface area (Å²) >= 11 is 3.16. The predicted octanol–water partition coefficient (Wildman–Crippen LogP) is 4.95. The number of carbonyl (C=O) groups is 2. The Bertz CT molecular complexity index is 1210. The number of thiophene rings is 1. The Balaban J connectivity index is 1.61. The Hall–Kier alpha value is -2.78. The molecule has 1 N–H and O–H groups in total. The lowest BCUT2D eigenvalue weighted by Gasteiger charge is -2.21. The normalized spacial score (nSPS) is 14.8. The first-order chi connectivity index (χ1) is 16.4. The minimum atomic E-state index is -0.524. The van der Waals surface area contributed by atoms with Crippen molar-refractivity contribution in [2.24, 2.45) is 0 Å². The van der Waals surface area contributed by atoms with Gasteiger partial charge in [0, 0.05) is 36.9 Å². The van der Waals surface area contributed by atoms with Crippen molar-refractivity contribution in [3.63, 3.8) is 0 Å². The lowest BCUT2D eigenvalue weighted by atomic mass is 10.1. The van der Waals surface area contributed by atoms with Crippen LogP contribution in [0, 0.1) is 0 Å². The number of thiazole rings is 1. The Morgan fingerprint density at radius 1 is 1.24 bits per heavy atom. The van der Waals surface area contributed by atoms with Gasteiger partial charge in [0.05, 0.1) is 17.1 Å². The molecule has 0 aromatic carbocycles.